The largest absolute Gasteiger partial charge is 0.516 e. The van der Waals surface area contributed by atoms with Gasteiger partial charge in [0.2, 0.25) is 0 Å². The first-order valence-corrected chi connectivity index (χ1v) is 7.54. The fourth-order valence-electron chi connectivity index (χ4n) is 2.38. The lowest BCUT2D eigenvalue weighted by Crippen LogP contribution is -2.41. The maximum atomic E-state index is 6.41. The minimum absolute atomic E-state index is 0.269. The molecule has 1 aromatic heterocycles. The van der Waals surface area contributed by atoms with Gasteiger partial charge in [-0.2, -0.15) is 0 Å². The van der Waals surface area contributed by atoms with E-state index in [0.717, 1.165) is 0 Å². The van der Waals surface area contributed by atoms with E-state index >= 15 is 0 Å². The number of aromatic nitrogens is 1. The molecule has 0 atom stereocenters. The fraction of sp³-hybridized carbons (Fsp3) is 0.667. The Morgan fingerprint density at radius 2 is 1.65 bits per heavy atom. The summed E-state index contributed by atoms with van der Waals surface area (Å²) in [4.78, 5) is 4.52. The molecule has 5 heteroatoms. The topological polar surface area (TPSA) is 31.4 Å². The van der Waals surface area contributed by atoms with Crippen molar-refractivity contribution < 1.29 is 9.31 Å². The van der Waals surface area contributed by atoms with Crippen LogP contribution in [-0.4, -0.2) is 23.3 Å². The minimum atomic E-state index is -0.492. The first-order chi connectivity index (χ1) is 9.15. The summed E-state index contributed by atoms with van der Waals surface area (Å²) < 4.78 is 12.0. The number of nitrogens with zero attached hydrogens (tertiary/aromatic N) is 1. The second-order valence-electron chi connectivity index (χ2n) is 7.24. The molecule has 0 spiro atoms. The van der Waals surface area contributed by atoms with E-state index in [4.69, 9.17) is 20.9 Å². The predicted octanol–water partition coefficient (Wildman–Crippen LogP) is 3.09. The number of hydrogen-bond acceptors (Lipinski definition) is 3. The summed E-state index contributed by atoms with van der Waals surface area (Å²) in [5, 5.41) is 0.633. The monoisotopic (exact) mass is 293 g/mol. The highest BCUT2D eigenvalue weighted by Crippen LogP contribution is 2.47. The van der Waals surface area contributed by atoms with Gasteiger partial charge in [0.15, 0.2) is 0 Å². The molecule has 0 aromatic carbocycles. The summed E-state index contributed by atoms with van der Waals surface area (Å²) in [7, 11) is -0.492. The van der Waals surface area contributed by atoms with Crippen LogP contribution in [0.4, 0.5) is 0 Å². The van der Waals surface area contributed by atoms with Gasteiger partial charge in [-0.1, -0.05) is 18.5 Å². The van der Waals surface area contributed by atoms with E-state index in [2.05, 4.69) is 11.9 Å². The Kier molecular flexibility index (Phi) is 3.03. The van der Waals surface area contributed by atoms with Crippen LogP contribution in [0.1, 0.15) is 53.0 Å². The third-order valence-corrected chi connectivity index (χ3v) is 5.35. The normalized spacial score (nSPS) is 25.8. The van der Waals surface area contributed by atoms with Crippen LogP contribution >= 0.6 is 11.6 Å². The highest BCUT2D eigenvalue weighted by atomic mass is 35.5. The van der Waals surface area contributed by atoms with Crippen molar-refractivity contribution in [2.24, 2.45) is 0 Å². The molecule has 2 aliphatic rings. The first kappa shape index (κ1) is 14.4. The molecule has 2 fully saturated rings. The molecule has 0 radical (unpaired) electrons. The summed E-state index contributed by atoms with van der Waals surface area (Å²) in [6.45, 7) is 10.4. The minimum Gasteiger partial charge on any atom is -0.398 e. The Morgan fingerprint density at radius 1 is 1.10 bits per heavy atom. The zero-order valence-corrected chi connectivity index (χ0v) is 13.5. The van der Waals surface area contributed by atoms with Gasteiger partial charge < -0.3 is 9.31 Å². The molecule has 2 heterocycles. The lowest BCUT2D eigenvalue weighted by atomic mass is 9.83. The van der Waals surface area contributed by atoms with E-state index < -0.39 is 7.12 Å². The van der Waals surface area contributed by atoms with Gasteiger partial charge >= 0.3 is 7.12 Å². The maximum Gasteiger partial charge on any atom is 0.516 e. The van der Waals surface area contributed by atoms with Crippen LogP contribution in [0, 0.1) is 0 Å². The van der Waals surface area contributed by atoms with Crippen LogP contribution in [0.2, 0.25) is 5.02 Å². The van der Waals surface area contributed by atoms with E-state index in [1.807, 2.05) is 40.0 Å². The molecular weight excluding hydrogens is 272 g/mol. The molecule has 3 rings (SSSR count). The van der Waals surface area contributed by atoms with E-state index in [9.17, 15) is 0 Å². The Morgan fingerprint density at radius 3 is 2.10 bits per heavy atom. The van der Waals surface area contributed by atoms with Gasteiger partial charge in [-0.15, -0.1) is 0 Å². The molecule has 0 amide bonds. The van der Waals surface area contributed by atoms with Gasteiger partial charge in [0, 0.05) is 6.20 Å². The molecule has 0 bridgehead atoms. The quantitative estimate of drug-likeness (QED) is 0.785. The molecule has 1 saturated carbocycles. The number of rotatable bonds is 2. The second-order valence-corrected chi connectivity index (χ2v) is 7.65. The van der Waals surface area contributed by atoms with Crippen molar-refractivity contribution in [3.63, 3.8) is 0 Å². The summed E-state index contributed by atoms with van der Waals surface area (Å²) in [6.07, 6.45) is 4.33. The molecule has 20 heavy (non-hydrogen) atoms. The number of halogens is 1. The van der Waals surface area contributed by atoms with Gasteiger partial charge in [0.05, 0.1) is 21.8 Å². The van der Waals surface area contributed by atoms with Crippen molar-refractivity contribution in [2.45, 2.75) is 64.1 Å². The Bertz CT molecular complexity index is 539. The summed E-state index contributed by atoms with van der Waals surface area (Å²) in [5.41, 5.74) is 1.42. The van der Waals surface area contributed by atoms with Crippen LogP contribution < -0.4 is 5.59 Å². The van der Waals surface area contributed by atoms with Gasteiger partial charge in [-0.3, -0.25) is 4.98 Å². The maximum absolute atomic E-state index is 6.41. The van der Waals surface area contributed by atoms with Crippen LogP contribution in [0.15, 0.2) is 12.3 Å². The van der Waals surface area contributed by atoms with E-state index in [0.29, 0.717) is 10.6 Å². The molecule has 1 aliphatic heterocycles. The van der Waals surface area contributed by atoms with Crippen LogP contribution in [0.5, 0.6) is 0 Å². The average molecular weight is 294 g/mol. The van der Waals surface area contributed by atoms with E-state index in [-0.39, 0.29) is 16.6 Å². The standard InChI is InChI=1S/C15H21BClNO2/c1-13(2)14(3,4)20-16(19-13)12-11(17)8-10(9-18-12)15(5)6-7-15/h8-9H,6-7H2,1-5H3. The van der Waals surface area contributed by atoms with Crippen LogP contribution in [0.25, 0.3) is 0 Å². The molecule has 0 unspecified atom stereocenters. The first-order valence-electron chi connectivity index (χ1n) is 7.16. The van der Waals surface area contributed by atoms with E-state index in [1.165, 1.54) is 18.4 Å². The lowest BCUT2D eigenvalue weighted by molar-refractivity contribution is 0.00578. The highest BCUT2D eigenvalue weighted by molar-refractivity contribution is 6.64. The average Bonchev–Trinajstić information content (AvgIpc) is 3.01. The van der Waals surface area contributed by atoms with Crippen molar-refractivity contribution >= 4 is 24.3 Å². The third kappa shape index (κ3) is 2.18. The summed E-state index contributed by atoms with van der Waals surface area (Å²) >= 11 is 6.41. The number of hydrogen-bond donors (Lipinski definition) is 0. The molecule has 1 saturated heterocycles. The number of pyridine rings is 1. The van der Waals surface area contributed by atoms with Gasteiger partial charge in [-0.25, -0.2) is 0 Å². The van der Waals surface area contributed by atoms with Gasteiger partial charge in [-0.05, 0) is 57.6 Å². The summed E-state index contributed by atoms with van der Waals surface area (Å²) in [6, 6.07) is 2.02. The third-order valence-electron chi connectivity index (χ3n) is 5.04. The van der Waals surface area contributed by atoms with Crippen molar-refractivity contribution in [3.05, 3.63) is 22.8 Å². The lowest BCUT2D eigenvalue weighted by Gasteiger charge is -2.32. The Balaban J connectivity index is 1.89. The van der Waals surface area contributed by atoms with Crippen molar-refractivity contribution in [1.29, 1.82) is 0 Å². The molecule has 0 N–H and O–H groups in total. The summed E-state index contributed by atoms with van der Waals surface area (Å²) in [5.74, 6) is 0. The highest BCUT2D eigenvalue weighted by Gasteiger charge is 2.53. The van der Waals surface area contributed by atoms with Crippen molar-refractivity contribution in [3.8, 4) is 0 Å². The van der Waals surface area contributed by atoms with Gasteiger partial charge in [0.1, 0.15) is 0 Å². The smallest absolute Gasteiger partial charge is 0.398 e. The molecule has 1 aromatic rings. The van der Waals surface area contributed by atoms with Crippen LogP contribution in [-0.2, 0) is 14.7 Å². The SMILES string of the molecule is CC1(c2cnc(B3OC(C)(C)C(C)(C)O3)c(Cl)c2)CC1. The van der Waals surface area contributed by atoms with E-state index in [1.54, 1.807) is 0 Å². The zero-order valence-electron chi connectivity index (χ0n) is 12.8. The predicted molar refractivity (Wildman–Crippen MR) is 81.5 cm³/mol. The molecule has 1 aliphatic carbocycles. The van der Waals surface area contributed by atoms with Crippen LogP contribution in [0.3, 0.4) is 0 Å². The Labute approximate surface area is 126 Å². The fourth-order valence-corrected chi connectivity index (χ4v) is 2.64. The molecular formula is C15H21BClNO2. The molecule has 3 nitrogen and oxygen atoms in total. The Hall–Kier alpha value is -0.575. The van der Waals surface area contributed by atoms with Crippen molar-refractivity contribution in [1.82, 2.24) is 4.98 Å². The zero-order chi connectivity index (χ0) is 14.8. The van der Waals surface area contributed by atoms with Crippen molar-refractivity contribution in [2.75, 3.05) is 0 Å². The molecule has 108 valence electrons. The van der Waals surface area contributed by atoms with Gasteiger partial charge in [0.25, 0.3) is 0 Å². The second kappa shape index (κ2) is 4.22.